The van der Waals surface area contributed by atoms with Crippen molar-refractivity contribution in [1.82, 2.24) is 10.3 Å². The lowest BCUT2D eigenvalue weighted by molar-refractivity contribution is 0.0950. The second-order valence-corrected chi connectivity index (χ2v) is 5.41. The van der Waals surface area contributed by atoms with E-state index >= 15 is 0 Å². The van der Waals surface area contributed by atoms with Gasteiger partial charge in [0.15, 0.2) is 0 Å². The largest absolute Gasteiger partial charge is 0.348 e. The van der Waals surface area contributed by atoms with Crippen LogP contribution in [0, 0.1) is 0 Å². The summed E-state index contributed by atoms with van der Waals surface area (Å²) in [6.07, 6.45) is 1.54. The molecule has 2 aromatic rings. The molecule has 0 saturated heterocycles. The first kappa shape index (κ1) is 13.2. The van der Waals surface area contributed by atoms with Crippen LogP contribution in [0.3, 0.4) is 0 Å². The maximum absolute atomic E-state index is 11.8. The molecule has 1 amide bonds. The first-order valence-electron chi connectivity index (χ1n) is 5.29. The average Bonchev–Trinajstić information content (AvgIpc) is 2.38. The summed E-state index contributed by atoms with van der Waals surface area (Å²) in [6.45, 7) is 0.502. The number of carbonyl (C=O) groups excluding carboxylic acids is 1. The molecule has 5 heteroatoms. The van der Waals surface area contributed by atoms with Crippen LogP contribution in [0.5, 0.6) is 0 Å². The number of carbonyl (C=O) groups is 1. The topological polar surface area (TPSA) is 42.0 Å². The molecule has 1 aromatic heterocycles. The summed E-state index contributed by atoms with van der Waals surface area (Å²) < 4.78 is 1.74. The maximum atomic E-state index is 11.8. The summed E-state index contributed by atoms with van der Waals surface area (Å²) >= 11 is 6.60. The third kappa shape index (κ3) is 3.65. The van der Waals surface area contributed by atoms with Crippen molar-refractivity contribution in [3.63, 3.8) is 0 Å². The molecule has 0 bridgehead atoms. The van der Waals surface area contributed by atoms with Crippen molar-refractivity contribution in [3.8, 4) is 0 Å². The average molecular weight is 370 g/mol. The monoisotopic (exact) mass is 368 g/mol. The molecular formula is C13H10Br2N2O. The normalized spacial score (nSPS) is 10.1. The molecule has 0 aliphatic rings. The number of hydrogen-bond donors (Lipinski definition) is 1. The number of pyridine rings is 1. The van der Waals surface area contributed by atoms with Crippen molar-refractivity contribution >= 4 is 37.8 Å². The molecule has 2 rings (SSSR count). The zero-order valence-electron chi connectivity index (χ0n) is 9.36. The molecule has 0 aliphatic heterocycles. The summed E-state index contributed by atoms with van der Waals surface area (Å²) in [5, 5.41) is 2.84. The van der Waals surface area contributed by atoms with Gasteiger partial charge in [0.05, 0.1) is 5.56 Å². The molecule has 1 N–H and O–H groups in total. The van der Waals surface area contributed by atoms with Gasteiger partial charge in [-0.2, -0.15) is 0 Å². The molecule has 92 valence electrons. The predicted molar refractivity (Wildman–Crippen MR) is 77.2 cm³/mol. The van der Waals surface area contributed by atoms with Gasteiger partial charge in [0.1, 0.15) is 4.60 Å². The molecule has 0 saturated carbocycles. The van der Waals surface area contributed by atoms with Crippen LogP contribution in [-0.4, -0.2) is 10.9 Å². The predicted octanol–water partition coefficient (Wildman–Crippen LogP) is 3.54. The fraction of sp³-hybridized carbons (Fsp3) is 0.0769. The lowest BCUT2D eigenvalue weighted by atomic mass is 10.2. The number of rotatable bonds is 3. The van der Waals surface area contributed by atoms with Crippen molar-refractivity contribution < 1.29 is 4.79 Å². The lowest BCUT2D eigenvalue weighted by Crippen LogP contribution is -2.22. The van der Waals surface area contributed by atoms with Crippen LogP contribution in [0.4, 0.5) is 0 Å². The first-order valence-corrected chi connectivity index (χ1v) is 6.88. The number of amides is 1. The van der Waals surface area contributed by atoms with E-state index in [0.717, 1.165) is 10.0 Å². The minimum Gasteiger partial charge on any atom is -0.348 e. The van der Waals surface area contributed by atoms with E-state index in [1.54, 1.807) is 18.3 Å². The molecule has 0 fully saturated rings. The van der Waals surface area contributed by atoms with Crippen LogP contribution < -0.4 is 5.32 Å². The molecule has 3 nitrogen and oxygen atoms in total. The summed E-state index contributed by atoms with van der Waals surface area (Å²) in [6, 6.07) is 11.3. The molecule has 0 unspecified atom stereocenters. The summed E-state index contributed by atoms with van der Waals surface area (Å²) in [5.74, 6) is -0.127. The highest BCUT2D eigenvalue weighted by atomic mass is 79.9. The highest BCUT2D eigenvalue weighted by Gasteiger charge is 2.05. The minimum atomic E-state index is -0.127. The SMILES string of the molecule is O=C(NCc1ccc(Br)cc1)c1ccc(Br)nc1. The Morgan fingerprint density at radius 3 is 2.44 bits per heavy atom. The van der Waals surface area contributed by atoms with Crippen LogP contribution in [0.1, 0.15) is 15.9 Å². The van der Waals surface area contributed by atoms with Gasteiger partial charge in [-0.1, -0.05) is 28.1 Å². The Morgan fingerprint density at radius 2 is 1.83 bits per heavy atom. The van der Waals surface area contributed by atoms with E-state index in [0.29, 0.717) is 16.7 Å². The van der Waals surface area contributed by atoms with E-state index in [4.69, 9.17) is 0 Å². The molecular weight excluding hydrogens is 360 g/mol. The molecule has 0 spiro atoms. The number of nitrogens with one attached hydrogen (secondary N) is 1. The lowest BCUT2D eigenvalue weighted by Gasteiger charge is -2.05. The van der Waals surface area contributed by atoms with E-state index < -0.39 is 0 Å². The maximum Gasteiger partial charge on any atom is 0.253 e. The van der Waals surface area contributed by atoms with Crippen molar-refractivity contribution in [3.05, 3.63) is 62.8 Å². The zero-order valence-corrected chi connectivity index (χ0v) is 12.5. The molecule has 0 atom stereocenters. The standard InChI is InChI=1S/C13H10Br2N2O/c14-11-4-1-9(2-5-11)7-17-13(18)10-3-6-12(15)16-8-10/h1-6,8H,7H2,(H,17,18). The number of nitrogens with zero attached hydrogens (tertiary/aromatic N) is 1. The highest BCUT2D eigenvalue weighted by molar-refractivity contribution is 9.10. The minimum absolute atomic E-state index is 0.127. The Balaban J connectivity index is 1.96. The van der Waals surface area contributed by atoms with Gasteiger partial charge in [-0.15, -0.1) is 0 Å². The summed E-state index contributed by atoms with van der Waals surface area (Å²) in [7, 11) is 0. The van der Waals surface area contributed by atoms with E-state index in [-0.39, 0.29) is 5.91 Å². The van der Waals surface area contributed by atoms with Crippen LogP contribution >= 0.6 is 31.9 Å². The number of halogens is 2. The molecule has 0 radical (unpaired) electrons. The molecule has 18 heavy (non-hydrogen) atoms. The van der Waals surface area contributed by atoms with E-state index in [1.165, 1.54) is 0 Å². The van der Waals surface area contributed by atoms with Crippen molar-refractivity contribution in [2.75, 3.05) is 0 Å². The van der Waals surface area contributed by atoms with Gasteiger partial charge in [0.25, 0.3) is 5.91 Å². The second kappa shape index (κ2) is 6.11. The fourth-order valence-electron chi connectivity index (χ4n) is 1.40. The molecule has 1 aromatic carbocycles. The van der Waals surface area contributed by atoms with Gasteiger partial charge in [-0.3, -0.25) is 4.79 Å². The van der Waals surface area contributed by atoms with Crippen LogP contribution in [0.2, 0.25) is 0 Å². The Labute approximate surface area is 122 Å². The van der Waals surface area contributed by atoms with Crippen molar-refractivity contribution in [1.29, 1.82) is 0 Å². The molecule has 1 heterocycles. The number of hydrogen-bond acceptors (Lipinski definition) is 2. The van der Waals surface area contributed by atoms with Gasteiger partial charge < -0.3 is 5.32 Å². The zero-order chi connectivity index (χ0) is 13.0. The Kier molecular flexibility index (Phi) is 4.49. The van der Waals surface area contributed by atoms with Crippen molar-refractivity contribution in [2.24, 2.45) is 0 Å². The van der Waals surface area contributed by atoms with Gasteiger partial charge in [0, 0.05) is 17.2 Å². The van der Waals surface area contributed by atoms with Gasteiger partial charge >= 0.3 is 0 Å². The van der Waals surface area contributed by atoms with Gasteiger partial charge in [0.2, 0.25) is 0 Å². The Morgan fingerprint density at radius 1 is 1.11 bits per heavy atom. The number of benzene rings is 1. The van der Waals surface area contributed by atoms with E-state index in [1.807, 2.05) is 24.3 Å². The highest BCUT2D eigenvalue weighted by Crippen LogP contribution is 2.10. The summed E-state index contributed by atoms with van der Waals surface area (Å²) in [5.41, 5.74) is 1.60. The van der Waals surface area contributed by atoms with Crippen LogP contribution in [0.15, 0.2) is 51.7 Å². The number of aromatic nitrogens is 1. The third-order valence-electron chi connectivity index (χ3n) is 2.36. The van der Waals surface area contributed by atoms with Gasteiger partial charge in [-0.25, -0.2) is 4.98 Å². The van der Waals surface area contributed by atoms with Crippen LogP contribution in [0.25, 0.3) is 0 Å². The summed E-state index contributed by atoms with van der Waals surface area (Å²) in [4.78, 5) is 15.8. The second-order valence-electron chi connectivity index (χ2n) is 3.68. The Bertz CT molecular complexity index is 538. The van der Waals surface area contributed by atoms with E-state index in [2.05, 4.69) is 42.2 Å². The van der Waals surface area contributed by atoms with Crippen molar-refractivity contribution in [2.45, 2.75) is 6.54 Å². The smallest absolute Gasteiger partial charge is 0.253 e. The van der Waals surface area contributed by atoms with Gasteiger partial charge in [-0.05, 0) is 45.8 Å². The quantitative estimate of drug-likeness (QED) is 0.841. The van der Waals surface area contributed by atoms with Crippen LogP contribution in [-0.2, 0) is 6.54 Å². The third-order valence-corrected chi connectivity index (χ3v) is 3.35. The fourth-order valence-corrected chi connectivity index (χ4v) is 1.90. The Hall–Kier alpha value is -1.20. The molecule has 0 aliphatic carbocycles. The van der Waals surface area contributed by atoms with E-state index in [9.17, 15) is 4.79 Å². The first-order chi connectivity index (χ1) is 8.65.